The third kappa shape index (κ3) is 3.85. The largest absolute Gasteiger partial charge is 0.336 e. The maximum atomic E-state index is 14.6. The molecule has 2 aromatic carbocycles. The van der Waals surface area contributed by atoms with Gasteiger partial charge in [-0.05, 0) is 54.3 Å². The van der Waals surface area contributed by atoms with Crippen LogP contribution in [0.2, 0.25) is 0 Å². The molecule has 2 aromatic heterocycles. The monoisotopic (exact) mass is 477 g/mol. The van der Waals surface area contributed by atoms with Gasteiger partial charge in [-0.15, -0.1) is 11.3 Å². The molecule has 2 N–H and O–H groups in total. The Morgan fingerprint density at radius 2 is 2.00 bits per heavy atom. The van der Waals surface area contributed by atoms with E-state index in [9.17, 15) is 13.6 Å². The van der Waals surface area contributed by atoms with Crippen molar-refractivity contribution in [1.29, 1.82) is 5.26 Å². The number of aromatic nitrogens is 2. The molecule has 6 nitrogen and oxygen atoms in total. The normalized spacial score (nSPS) is 16.1. The van der Waals surface area contributed by atoms with Gasteiger partial charge >= 0.3 is 0 Å². The van der Waals surface area contributed by atoms with Gasteiger partial charge in [0.25, 0.3) is 5.91 Å². The van der Waals surface area contributed by atoms with Crippen molar-refractivity contribution in [1.82, 2.24) is 14.7 Å². The Hall–Kier alpha value is -3.61. The number of hydrogen-bond donors (Lipinski definition) is 1. The smallest absolute Gasteiger partial charge is 0.264 e. The van der Waals surface area contributed by atoms with Gasteiger partial charge in [0.05, 0.1) is 21.3 Å². The highest BCUT2D eigenvalue weighted by atomic mass is 32.1. The third-order valence-electron chi connectivity index (χ3n) is 6.11. The van der Waals surface area contributed by atoms with Gasteiger partial charge in [-0.3, -0.25) is 4.79 Å². The van der Waals surface area contributed by atoms with Crippen molar-refractivity contribution in [3.8, 4) is 27.6 Å². The number of nitrogens with two attached hydrogens (primary N) is 1. The molecule has 1 fully saturated rings. The molecule has 0 radical (unpaired) electrons. The van der Waals surface area contributed by atoms with Crippen LogP contribution in [0, 0.1) is 23.1 Å². The van der Waals surface area contributed by atoms with Gasteiger partial charge in [-0.2, -0.15) is 14.8 Å². The molecule has 0 aliphatic carbocycles. The first-order valence-electron chi connectivity index (χ1n) is 10.9. The number of halogens is 2. The van der Waals surface area contributed by atoms with Gasteiger partial charge < -0.3 is 10.6 Å². The van der Waals surface area contributed by atoms with E-state index < -0.39 is 11.8 Å². The number of hydrogen-bond acceptors (Lipinski definition) is 5. The van der Waals surface area contributed by atoms with Crippen LogP contribution in [0.15, 0.2) is 42.5 Å². The SMILES string of the molecule is Cn1nc2ccc(-c3sc(C(=O)N4CCC[C@@H](N)C4)cc3-c3ccc(C#N)c(F)c3)cc2c1F. The number of rotatable bonds is 3. The topological polar surface area (TPSA) is 87.9 Å². The highest BCUT2D eigenvalue weighted by Crippen LogP contribution is 2.41. The van der Waals surface area contributed by atoms with E-state index in [1.54, 1.807) is 29.2 Å². The van der Waals surface area contributed by atoms with E-state index in [1.807, 2.05) is 12.1 Å². The summed E-state index contributed by atoms with van der Waals surface area (Å²) in [4.78, 5) is 16.3. The van der Waals surface area contributed by atoms with Crippen LogP contribution in [0.3, 0.4) is 0 Å². The maximum absolute atomic E-state index is 14.6. The zero-order valence-corrected chi connectivity index (χ0v) is 19.2. The standard InChI is InChI=1S/C25H21F2N5OS/c1-31-24(27)19-9-15(6-7-21(19)30-31)23-18(14-4-5-16(12-28)20(26)10-14)11-22(34-23)25(33)32-8-2-3-17(29)13-32/h4-7,9-11,17H,2-3,8,13,29H2,1H3/t17-/m1/s1. The van der Waals surface area contributed by atoms with Gasteiger partial charge in [0, 0.05) is 36.6 Å². The molecule has 0 spiro atoms. The number of carbonyl (C=O) groups excluding carboxylic acids is 1. The van der Waals surface area contributed by atoms with Gasteiger partial charge in [0.15, 0.2) is 0 Å². The molecule has 1 atom stereocenters. The molecule has 1 aliphatic heterocycles. The van der Waals surface area contributed by atoms with Gasteiger partial charge in [0.1, 0.15) is 11.9 Å². The molecule has 172 valence electrons. The van der Waals surface area contributed by atoms with Crippen LogP contribution in [0.25, 0.3) is 32.5 Å². The number of piperidine rings is 1. The van der Waals surface area contributed by atoms with Crippen molar-refractivity contribution in [3.05, 3.63) is 64.7 Å². The lowest BCUT2D eigenvalue weighted by molar-refractivity contribution is 0.0714. The Balaban J connectivity index is 1.65. The summed E-state index contributed by atoms with van der Waals surface area (Å²) in [6.07, 6.45) is 1.72. The summed E-state index contributed by atoms with van der Waals surface area (Å²) in [5, 5.41) is 13.6. The number of amides is 1. The minimum absolute atomic E-state index is 0.0554. The van der Waals surface area contributed by atoms with Crippen molar-refractivity contribution in [2.24, 2.45) is 12.8 Å². The second kappa shape index (κ2) is 8.63. The van der Waals surface area contributed by atoms with Crippen LogP contribution >= 0.6 is 11.3 Å². The fraction of sp³-hybridized carbons (Fsp3) is 0.240. The summed E-state index contributed by atoms with van der Waals surface area (Å²) in [6.45, 7) is 1.12. The van der Waals surface area contributed by atoms with Crippen LogP contribution in [0.1, 0.15) is 28.1 Å². The minimum Gasteiger partial charge on any atom is -0.336 e. The molecule has 0 unspecified atom stereocenters. The summed E-state index contributed by atoms with van der Waals surface area (Å²) in [6, 6.07) is 13.1. The number of aryl methyl sites for hydroxylation is 1. The molecule has 5 rings (SSSR count). The fourth-order valence-corrected chi connectivity index (χ4v) is 5.50. The summed E-state index contributed by atoms with van der Waals surface area (Å²) in [5.74, 6) is -1.23. The lowest BCUT2D eigenvalue weighted by atomic mass is 10.00. The third-order valence-corrected chi connectivity index (χ3v) is 7.28. The average molecular weight is 478 g/mol. The number of nitrogens with zero attached hydrogens (tertiary/aromatic N) is 4. The molecule has 9 heteroatoms. The summed E-state index contributed by atoms with van der Waals surface area (Å²) >= 11 is 1.28. The average Bonchev–Trinajstić information content (AvgIpc) is 3.40. The Morgan fingerprint density at radius 1 is 1.21 bits per heavy atom. The van der Waals surface area contributed by atoms with Gasteiger partial charge in [-0.25, -0.2) is 9.07 Å². The van der Waals surface area contributed by atoms with E-state index in [4.69, 9.17) is 11.0 Å². The van der Waals surface area contributed by atoms with Crippen LogP contribution in [-0.4, -0.2) is 39.7 Å². The second-order valence-corrected chi connectivity index (χ2v) is 9.51. The lowest BCUT2D eigenvalue weighted by Gasteiger charge is -2.30. The van der Waals surface area contributed by atoms with Crippen molar-refractivity contribution < 1.29 is 13.6 Å². The molecule has 0 saturated carbocycles. The van der Waals surface area contributed by atoms with Crippen LogP contribution in [0.4, 0.5) is 8.78 Å². The minimum atomic E-state index is -0.638. The van der Waals surface area contributed by atoms with E-state index in [0.717, 1.165) is 12.8 Å². The molecule has 0 bridgehead atoms. The molecule has 4 aromatic rings. The quantitative estimate of drug-likeness (QED) is 0.464. The highest BCUT2D eigenvalue weighted by molar-refractivity contribution is 7.18. The first kappa shape index (κ1) is 22.2. The Morgan fingerprint density at radius 3 is 2.74 bits per heavy atom. The number of thiophene rings is 1. The van der Waals surface area contributed by atoms with Gasteiger partial charge in [-0.1, -0.05) is 12.1 Å². The first-order chi connectivity index (χ1) is 16.4. The Kier molecular flexibility index (Phi) is 5.63. The molecule has 1 saturated heterocycles. The predicted molar refractivity (Wildman–Crippen MR) is 127 cm³/mol. The van der Waals surface area contributed by atoms with Crippen LogP contribution < -0.4 is 5.73 Å². The van der Waals surface area contributed by atoms with Gasteiger partial charge in [0.2, 0.25) is 5.95 Å². The van der Waals surface area contributed by atoms with Crippen molar-refractivity contribution in [2.45, 2.75) is 18.9 Å². The Bertz CT molecular complexity index is 1470. The fourth-order valence-electron chi connectivity index (χ4n) is 4.36. The molecular weight excluding hydrogens is 456 g/mol. The number of nitriles is 1. The highest BCUT2D eigenvalue weighted by Gasteiger charge is 2.26. The molecule has 1 amide bonds. The van der Waals surface area contributed by atoms with E-state index in [2.05, 4.69) is 5.10 Å². The zero-order valence-electron chi connectivity index (χ0n) is 18.4. The number of benzene rings is 2. The lowest BCUT2D eigenvalue weighted by Crippen LogP contribution is -2.45. The molecule has 1 aliphatic rings. The van der Waals surface area contributed by atoms with Crippen LogP contribution in [0.5, 0.6) is 0 Å². The number of fused-ring (bicyclic) bond motifs is 1. The molecule has 3 heterocycles. The van der Waals surface area contributed by atoms with Crippen molar-refractivity contribution in [3.63, 3.8) is 0 Å². The van der Waals surface area contributed by atoms with E-state index in [1.165, 1.54) is 35.2 Å². The second-order valence-electron chi connectivity index (χ2n) is 8.46. The number of likely N-dealkylation sites (tertiary alicyclic amines) is 1. The maximum Gasteiger partial charge on any atom is 0.264 e. The van der Waals surface area contributed by atoms with E-state index in [0.29, 0.717) is 50.4 Å². The van der Waals surface area contributed by atoms with E-state index in [-0.39, 0.29) is 17.5 Å². The zero-order chi connectivity index (χ0) is 24.0. The molecule has 34 heavy (non-hydrogen) atoms. The summed E-state index contributed by atoms with van der Waals surface area (Å²) in [5.41, 5.74) is 8.40. The van der Waals surface area contributed by atoms with E-state index >= 15 is 0 Å². The Labute approximate surface area is 198 Å². The molecular formula is C25H21F2N5OS. The summed E-state index contributed by atoms with van der Waals surface area (Å²) < 4.78 is 30.2. The number of carbonyl (C=O) groups is 1. The predicted octanol–water partition coefficient (Wildman–Crippen LogP) is 4.68. The van der Waals surface area contributed by atoms with Crippen molar-refractivity contribution in [2.75, 3.05) is 13.1 Å². The van der Waals surface area contributed by atoms with Crippen molar-refractivity contribution >= 4 is 28.1 Å². The first-order valence-corrected chi connectivity index (χ1v) is 11.7. The van der Waals surface area contributed by atoms with Crippen LogP contribution in [-0.2, 0) is 7.05 Å². The summed E-state index contributed by atoms with van der Waals surface area (Å²) in [7, 11) is 1.53.